The van der Waals surface area contributed by atoms with E-state index in [2.05, 4.69) is 4.98 Å². The van der Waals surface area contributed by atoms with Crippen LogP contribution in [0.2, 0.25) is 5.15 Å². The number of halogens is 1. The van der Waals surface area contributed by atoms with E-state index in [0.29, 0.717) is 17.3 Å². The second kappa shape index (κ2) is 5.12. The topological polar surface area (TPSA) is 33.2 Å². The molecule has 1 rings (SSSR count). The summed E-state index contributed by atoms with van der Waals surface area (Å²) in [5.41, 5.74) is 0.579. The fourth-order valence-electron chi connectivity index (χ4n) is 1.41. The summed E-state index contributed by atoms with van der Waals surface area (Å²) in [4.78, 5) is 17.6. The van der Waals surface area contributed by atoms with Crippen LogP contribution >= 0.6 is 11.6 Å². The summed E-state index contributed by atoms with van der Waals surface area (Å²) in [5.74, 6) is -0.00309. The van der Waals surface area contributed by atoms with Gasteiger partial charge in [-0.25, -0.2) is 4.98 Å². The van der Waals surface area contributed by atoms with E-state index in [1.54, 1.807) is 17.0 Å². The van der Waals surface area contributed by atoms with Gasteiger partial charge < -0.3 is 4.90 Å². The molecule has 0 N–H and O–H groups in total. The molecular weight excluding hydrogens is 212 g/mol. The normalized spacial score (nSPS) is 10.5. The van der Waals surface area contributed by atoms with Gasteiger partial charge in [-0.3, -0.25) is 4.79 Å². The highest BCUT2D eigenvalue weighted by Gasteiger charge is 2.16. The number of aromatic nitrogens is 1. The SMILES string of the molecule is CCN(C(=O)c1ccc(Cl)nc1)C(C)C. The first kappa shape index (κ1) is 12.0. The number of carbonyl (C=O) groups excluding carboxylic acids is 1. The molecule has 1 amide bonds. The molecule has 1 heterocycles. The van der Waals surface area contributed by atoms with Crippen LogP contribution in [-0.4, -0.2) is 28.4 Å². The Kier molecular flexibility index (Phi) is 4.09. The molecule has 0 spiro atoms. The fraction of sp³-hybridized carbons (Fsp3) is 0.455. The lowest BCUT2D eigenvalue weighted by Crippen LogP contribution is -2.36. The van der Waals surface area contributed by atoms with Crippen LogP contribution in [0.25, 0.3) is 0 Å². The maximum Gasteiger partial charge on any atom is 0.255 e. The molecule has 0 aliphatic carbocycles. The van der Waals surface area contributed by atoms with Crippen molar-refractivity contribution in [2.45, 2.75) is 26.8 Å². The molecule has 82 valence electrons. The Morgan fingerprint density at radius 2 is 2.20 bits per heavy atom. The number of amides is 1. The minimum Gasteiger partial charge on any atom is -0.336 e. The van der Waals surface area contributed by atoms with Crippen LogP contribution in [0.4, 0.5) is 0 Å². The molecule has 0 aliphatic heterocycles. The second-order valence-electron chi connectivity index (χ2n) is 3.55. The van der Waals surface area contributed by atoms with Crippen LogP contribution < -0.4 is 0 Å². The lowest BCUT2D eigenvalue weighted by Gasteiger charge is -2.24. The third-order valence-electron chi connectivity index (χ3n) is 2.20. The molecule has 3 nitrogen and oxygen atoms in total. The summed E-state index contributed by atoms with van der Waals surface area (Å²) in [6, 6.07) is 3.52. The first-order chi connectivity index (χ1) is 7.06. The Balaban J connectivity index is 2.88. The highest BCUT2D eigenvalue weighted by Crippen LogP contribution is 2.10. The van der Waals surface area contributed by atoms with Gasteiger partial charge in [-0.15, -0.1) is 0 Å². The minimum absolute atomic E-state index is 0.00309. The Hall–Kier alpha value is -1.09. The van der Waals surface area contributed by atoms with Crippen molar-refractivity contribution in [1.29, 1.82) is 0 Å². The number of rotatable bonds is 3. The lowest BCUT2D eigenvalue weighted by atomic mass is 10.2. The Bertz CT molecular complexity index is 335. The highest BCUT2D eigenvalue weighted by atomic mass is 35.5. The highest BCUT2D eigenvalue weighted by molar-refractivity contribution is 6.29. The van der Waals surface area contributed by atoms with E-state index < -0.39 is 0 Å². The molecule has 0 atom stereocenters. The average Bonchev–Trinajstić information content (AvgIpc) is 2.19. The van der Waals surface area contributed by atoms with Gasteiger partial charge in [-0.05, 0) is 32.9 Å². The molecule has 0 aromatic carbocycles. The van der Waals surface area contributed by atoms with Gasteiger partial charge in [0.15, 0.2) is 0 Å². The summed E-state index contributed by atoms with van der Waals surface area (Å²) >= 11 is 5.66. The van der Waals surface area contributed by atoms with E-state index in [-0.39, 0.29) is 11.9 Å². The van der Waals surface area contributed by atoms with Gasteiger partial charge >= 0.3 is 0 Å². The Morgan fingerprint density at radius 3 is 2.60 bits per heavy atom. The first-order valence-corrected chi connectivity index (χ1v) is 5.36. The third kappa shape index (κ3) is 2.93. The Labute approximate surface area is 95.1 Å². The van der Waals surface area contributed by atoms with Crippen molar-refractivity contribution in [2.75, 3.05) is 6.54 Å². The molecule has 4 heteroatoms. The molecule has 0 bridgehead atoms. The van der Waals surface area contributed by atoms with Crippen LogP contribution in [0.1, 0.15) is 31.1 Å². The monoisotopic (exact) mass is 226 g/mol. The number of carbonyl (C=O) groups is 1. The van der Waals surface area contributed by atoms with E-state index >= 15 is 0 Å². The maximum atomic E-state index is 12.0. The molecule has 15 heavy (non-hydrogen) atoms. The molecule has 0 saturated heterocycles. The molecule has 0 radical (unpaired) electrons. The lowest BCUT2D eigenvalue weighted by molar-refractivity contribution is 0.0716. The number of pyridine rings is 1. The summed E-state index contributed by atoms with van der Waals surface area (Å²) in [6.07, 6.45) is 1.51. The van der Waals surface area contributed by atoms with E-state index in [9.17, 15) is 4.79 Å². The van der Waals surface area contributed by atoms with Crippen LogP contribution in [0, 0.1) is 0 Å². The van der Waals surface area contributed by atoms with Crippen molar-refractivity contribution < 1.29 is 4.79 Å². The van der Waals surface area contributed by atoms with Crippen LogP contribution in [-0.2, 0) is 0 Å². The van der Waals surface area contributed by atoms with Crippen molar-refractivity contribution in [2.24, 2.45) is 0 Å². The van der Waals surface area contributed by atoms with E-state index in [4.69, 9.17) is 11.6 Å². The van der Waals surface area contributed by atoms with E-state index in [1.807, 2.05) is 20.8 Å². The van der Waals surface area contributed by atoms with Crippen molar-refractivity contribution in [1.82, 2.24) is 9.88 Å². The van der Waals surface area contributed by atoms with Gasteiger partial charge in [0.1, 0.15) is 5.15 Å². The predicted molar refractivity (Wildman–Crippen MR) is 61.1 cm³/mol. The maximum absolute atomic E-state index is 12.0. The quantitative estimate of drug-likeness (QED) is 0.743. The largest absolute Gasteiger partial charge is 0.336 e. The van der Waals surface area contributed by atoms with Crippen molar-refractivity contribution in [3.8, 4) is 0 Å². The summed E-state index contributed by atoms with van der Waals surface area (Å²) in [7, 11) is 0. The van der Waals surface area contributed by atoms with Gasteiger partial charge in [-0.2, -0.15) is 0 Å². The summed E-state index contributed by atoms with van der Waals surface area (Å²) in [6.45, 7) is 6.63. The zero-order valence-electron chi connectivity index (χ0n) is 9.20. The van der Waals surface area contributed by atoms with E-state index in [1.165, 1.54) is 6.20 Å². The number of hydrogen-bond acceptors (Lipinski definition) is 2. The molecule has 0 fully saturated rings. The van der Waals surface area contributed by atoms with Gasteiger partial charge in [0, 0.05) is 18.8 Å². The zero-order chi connectivity index (χ0) is 11.4. The zero-order valence-corrected chi connectivity index (χ0v) is 9.95. The molecule has 1 aromatic rings. The number of hydrogen-bond donors (Lipinski definition) is 0. The van der Waals surface area contributed by atoms with Crippen molar-refractivity contribution >= 4 is 17.5 Å². The molecule has 0 unspecified atom stereocenters. The number of nitrogens with zero attached hydrogens (tertiary/aromatic N) is 2. The van der Waals surface area contributed by atoms with Crippen LogP contribution in [0.15, 0.2) is 18.3 Å². The predicted octanol–water partition coefficient (Wildman–Crippen LogP) is 2.61. The molecule has 0 aliphatic rings. The van der Waals surface area contributed by atoms with E-state index in [0.717, 1.165) is 0 Å². The average molecular weight is 227 g/mol. The molecular formula is C11H15ClN2O. The smallest absolute Gasteiger partial charge is 0.255 e. The molecule has 0 saturated carbocycles. The standard InChI is InChI=1S/C11H15ClN2O/c1-4-14(8(2)3)11(15)9-5-6-10(12)13-7-9/h5-8H,4H2,1-3H3. The van der Waals surface area contributed by atoms with Crippen LogP contribution in [0.5, 0.6) is 0 Å². The fourth-order valence-corrected chi connectivity index (χ4v) is 1.52. The van der Waals surface area contributed by atoms with Crippen molar-refractivity contribution in [3.63, 3.8) is 0 Å². The van der Waals surface area contributed by atoms with Crippen molar-refractivity contribution in [3.05, 3.63) is 29.0 Å². The first-order valence-electron chi connectivity index (χ1n) is 4.98. The Morgan fingerprint density at radius 1 is 1.53 bits per heavy atom. The molecule has 1 aromatic heterocycles. The summed E-state index contributed by atoms with van der Waals surface area (Å²) in [5, 5.41) is 0.402. The van der Waals surface area contributed by atoms with Gasteiger partial charge in [0.25, 0.3) is 5.91 Å². The minimum atomic E-state index is -0.00309. The third-order valence-corrected chi connectivity index (χ3v) is 2.42. The van der Waals surface area contributed by atoms with Gasteiger partial charge in [0.05, 0.1) is 5.56 Å². The van der Waals surface area contributed by atoms with Gasteiger partial charge in [-0.1, -0.05) is 11.6 Å². The summed E-state index contributed by atoms with van der Waals surface area (Å²) < 4.78 is 0. The second-order valence-corrected chi connectivity index (χ2v) is 3.94. The van der Waals surface area contributed by atoms with Gasteiger partial charge in [0.2, 0.25) is 0 Å². The van der Waals surface area contributed by atoms with Crippen LogP contribution in [0.3, 0.4) is 0 Å².